The molecule has 1 heterocycles. The first-order chi connectivity index (χ1) is 8.52. The molecule has 3 nitrogen and oxygen atoms in total. The van der Waals surface area contributed by atoms with E-state index in [1.807, 2.05) is 0 Å². The zero-order valence-electron chi connectivity index (χ0n) is 8.84. The molecule has 0 amide bonds. The van der Waals surface area contributed by atoms with E-state index in [2.05, 4.69) is 4.98 Å². The van der Waals surface area contributed by atoms with Gasteiger partial charge in [0.25, 0.3) is 0 Å². The Balaban J connectivity index is 2.73. The number of carbonyl (C=O) groups excluding carboxylic acids is 1. The lowest BCUT2D eigenvalue weighted by Crippen LogP contribution is -2.07. The van der Waals surface area contributed by atoms with Crippen molar-refractivity contribution < 1.29 is 4.79 Å². The molecule has 0 fully saturated rings. The molecule has 2 aromatic rings. The number of nitrogens with one attached hydrogen (secondary N) is 1. The molecule has 0 spiro atoms. The second-order valence-electron chi connectivity index (χ2n) is 3.51. The maximum atomic E-state index is 11.1. The molecule has 0 bridgehead atoms. The molecule has 0 saturated carbocycles. The van der Waals surface area contributed by atoms with Gasteiger partial charge in [0.05, 0.1) is 20.8 Å². The van der Waals surface area contributed by atoms with Crippen molar-refractivity contribution in [2.45, 2.75) is 0 Å². The number of aromatic nitrogens is 1. The van der Waals surface area contributed by atoms with Gasteiger partial charge in [-0.2, -0.15) is 0 Å². The summed E-state index contributed by atoms with van der Waals surface area (Å²) in [5.74, 6) is 0. The van der Waals surface area contributed by atoms with Gasteiger partial charge in [0.15, 0.2) is 6.29 Å². The fourth-order valence-electron chi connectivity index (χ4n) is 1.55. The van der Waals surface area contributed by atoms with E-state index >= 15 is 0 Å². The molecule has 1 N–H and O–H groups in total. The predicted octanol–water partition coefficient (Wildman–Crippen LogP) is 3.81. The minimum Gasteiger partial charge on any atom is -0.319 e. The normalized spacial score (nSPS) is 10.4. The molecule has 1 aromatic carbocycles. The molecule has 0 aliphatic carbocycles. The molecular formula is C12H6Cl3NO2. The smallest absolute Gasteiger partial charge is 0.248 e. The van der Waals surface area contributed by atoms with Crippen LogP contribution in [-0.4, -0.2) is 11.3 Å². The Kier molecular flexibility index (Phi) is 3.76. The number of hydrogen-bond acceptors (Lipinski definition) is 2. The number of hydrogen-bond donors (Lipinski definition) is 1. The molecule has 0 aliphatic heterocycles. The van der Waals surface area contributed by atoms with Crippen LogP contribution in [0.2, 0.25) is 15.1 Å². The lowest BCUT2D eigenvalue weighted by Gasteiger charge is -2.08. The van der Waals surface area contributed by atoms with E-state index < -0.39 is 0 Å². The van der Waals surface area contributed by atoms with Gasteiger partial charge in [-0.3, -0.25) is 9.59 Å². The average molecular weight is 303 g/mol. The summed E-state index contributed by atoms with van der Waals surface area (Å²) >= 11 is 17.8. The quantitative estimate of drug-likeness (QED) is 0.677. The Morgan fingerprint density at radius 2 is 1.61 bits per heavy atom. The number of halogens is 3. The first-order valence-electron chi connectivity index (χ1n) is 4.86. The molecule has 18 heavy (non-hydrogen) atoms. The second-order valence-corrected chi connectivity index (χ2v) is 4.74. The van der Waals surface area contributed by atoms with Gasteiger partial charge in [-0.15, -0.1) is 0 Å². The monoisotopic (exact) mass is 301 g/mol. The Hall–Kier alpha value is -1.29. The number of aromatic amines is 1. The summed E-state index contributed by atoms with van der Waals surface area (Å²) in [4.78, 5) is 24.5. The zero-order valence-corrected chi connectivity index (χ0v) is 11.1. The second kappa shape index (κ2) is 5.14. The number of aldehydes is 1. The summed E-state index contributed by atoms with van der Waals surface area (Å²) in [6.07, 6.45) is 0.551. The summed E-state index contributed by atoms with van der Waals surface area (Å²) < 4.78 is 0. The van der Waals surface area contributed by atoms with Crippen molar-refractivity contribution in [2.24, 2.45) is 0 Å². The highest BCUT2D eigenvalue weighted by Gasteiger charge is 2.12. The molecule has 0 radical (unpaired) electrons. The van der Waals surface area contributed by atoms with Gasteiger partial charge < -0.3 is 4.98 Å². The van der Waals surface area contributed by atoms with Gasteiger partial charge in [-0.05, 0) is 18.2 Å². The first-order valence-corrected chi connectivity index (χ1v) is 5.99. The summed E-state index contributed by atoms with van der Waals surface area (Å²) in [5.41, 5.74) is 0.803. The summed E-state index contributed by atoms with van der Waals surface area (Å²) in [6.45, 7) is 0. The number of rotatable bonds is 2. The Morgan fingerprint density at radius 3 is 2.28 bits per heavy atom. The fraction of sp³-hybridized carbons (Fsp3) is 0. The molecule has 6 heteroatoms. The van der Waals surface area contributed by atoms with Gasteiger partial charge >= 0.3 is 0 Å². The van der Waals surface area contributed by atoms with E-state index in [9.17, 15) is 9.59 Å². The number of H-pyrrole nitrogens is 1. The van der Waals surface area contributed by atoms with Crippen molar-refractivity contribution in [1.29, 1.82) is 0 Å². The Morgan fingerprint density at radius 1 is 0.944 bits per heavy atom. The van der Waals surface area contributed by atoms with Gasteiger partial charge in [0.2, 0.25) is 5.56 Å². The van der Waals surface area contributed by atoms with E-state index in [4.69, 9.17) is 34.8 Å². The first kappa shape index (κ1) is 13.1. The van der Waals surface area contributed by atoms with Crippen molar-refractivity contribution in [3.63, 3.8) is 0 Å². The van der Waals surface area contributed by atoms with Crippen LogP contribution in [0.5, 0.6) is 0 Å². The standard InChI is InChI=1S/C12H6Cl3NO2/c13-8-4-10(15)9(14)3-7(8)6-1-2-12(18)16-11(6)5-17/h1-5H,(H,16,18). The topological polar surface area (TPSA) is 49.9 Å². The summed E-state index contributed by atoms with van der Waals surface area (Å²) in [7, 11) is 0. The van der Waals surface area contributed by atoms with Crippen LogP contribution in [0, 0.1) is 0 Å². The third kappa shape index (κ3) is 2.43. The van der Waals surface area contributed by atoms with Crippen LogP contribution in [0.15, 0.2) is 29.1 Å². The Bertz CT molecular complexity index is 680. The summed E-state index contributed by atoms with van der Waals surface area (Å²) in [6, 6.07) is 5.85. The van der Waals surface area contributed by atoms with E-state index in [1.165, 1.54) is 18.2 Å². The number of pyridine rings is 1. The lowest BCUT2D eigenvalue weighted by molar-refractivity contribution is 0.111. The SMILES string of the molecule is O=Cc1[nH]c(=O)ccc1-c1cc(Cl)c(Cl)cc1Cl. The summed E-state index contributed by atoms with van der Waals surface area (Å²) in [5, 5.41) is 0.987. The number of carbonyl (C=O) groups is 1. The highest BCUT2D eigenvalue weighted by molar-refractivity contribution is 6.44. The number of benzene rings is 1. The van der Waals surface area contributed by atoms with Crippen molar-refractivity contribution in [2.75, 3.05) is 0 Å². The average Bonchev–Trinajstić information content (AvgIpc) is 2.34. The molecular weight excluding hydrogens is 296 g/mol. The largest absolute Gasteiger partial charge is 0.319 e. The van der Waals surface area contributed by atoms with Crippen molar-refractivity contribution in [3.05, 3.63) is 55.4 Å². The third-order valence-corrected chi connectivity index (χ3v) is 3.40. The lowest BCUT2D eigenvalue weighted by atomic mass is 10.0. The fourth-order valence-corrected chi connectivity index (χ4v) is 2.20. The third-order valence-electron chi connectivity index (χ3n) is 2.37. The maximum Gasteiger partial charge on any atom is 0.248 e. The zero-order chi connectivity index (χ0) is 13.3. The van der Waals surface area contributed by atoms with E-state index in [0.717, 1.165) is 0 Å². The van der Waals surface area contributed by atoms with Crippen LogP contribution in [0.3, 0.4) is 0 Å². The molecule has 0 atom stereocenters. The van der Waals surface area contributed by atoms with E-state index in [1.54, 1.807) is 6.07 Å². The Labute approximate surface area is 117 Å². The molecule has 0 aliphatic rings. The van der Waals surface area contributed by atoms with Crippen LogP contribution in [0.4, 0.5) is 0 Å². The van der Waals surface area contributed by atoms with Crippen molar-refractivity contribution in [3.8, 4) is 11.1 Å². The van der Waals surface area contributed by atoms with Crippen LogP contribution in [0.1, 0.15) is 10.5 Å². The molecule has 2 rings (SSSR count). The molecule has 92 valence electrons. The van der Waals surface area contributed by atoms with Crippen LogP contribution >= 0.6 is 34.8 Å². The highest BCUT2D eigenvalue weighted by Crippen LogP contribution is 2.35. The molecule has 1 aromatic heterocycles. The predicted molar refractivity (Wildman–Crippen MR) is 72.9 cm³/mol. The van der Waals surface area contributed by atoms with Crippen LogP contribution in [0.25, 0.3) is 11.1 Å². The van der Waals surface area contributed by atoms with E-state index in [-0.39, 0.29) is 11.3 Å². The van der Waals surface area contributed by atoms with Gasteiger partial charge in [0.1, 0.15) is 0 Å². The van der Waals surface area contributed by atoms with E-state index in [0.29, 0.717) is 32.5 Å². The maximum absolute atomic E-state index is 11.1. The minimum atomic E-state index is -0.364. The van der Waals surface area contributed by atoms with Crippen molar-refractivity contribution >= 4 is 41.1 Å². The van der Waals surface area contributed by atoms with Crippen LogP contribution < -0.4 is 5.56 Å². The molecule has 0 unspecified atom stereocenters. The highest BCUT2D eigenvalue weighted by atomic mass is 35.5. The molecule has 0 saturated heterocycles. The minimum absolute atomic E-state index is 0.141. The van der Waals surface area contributed by atoms with Crippen LogP contribution in [-0.2, 0) is 0 Å². The van der Waals surface area contributed by atoms with Gasteiger partial charge in [0, 0.05) is 17.2 Å². The van der Waals surface area contributed by atoms with Gasteiger partial charge in [-0.1, -0.05) is 34.8 Å². The van der Waals surface area contributed by atoms with Gasteiger partial charge in [-0.25, -0.2) is 0 Å². The van der Waals surface area contributed by atoms with Crippen molar-refractivity contribution in [1.82, 2.24) is 4.98 Å².